The maximum absolute atomic E-state index is 3.53. The normalized spacial score (nSPS) is 10.6. The summed E-state index contributed by atoms with van der Waals surface area (Å²) in [5.74, 6) is 0. The van der Waals surface area contributed by atoms with Gasteiger partial charge in [-0.2, -0.15) is 0 Å². The molecule has 1 aromatic heterocycles. The summed E-state index contributed by atoms with van der Waals surface area (Å²) < 4.78 is 0. The van der Waals surface area contributed by atoms with Crippen molar-refractivity contribution in [1.82, 2.24) is 10.3 Å². The summed E-state index contributed by atoms with van der Waals surface area (Å²) in [6.45, 7) is 4.12. The van der Waals surface area contributed by atoms with Crippen molar-refractivity contribution in [2.45, 2.75) is 26.3 Å². The molecule has 3 heteroatoms. The number of benzene rings is 2. The molecule has 1 heterocycles. The van der Waals surface area contributed by atoms with E-state index in [1.165, 1.54) is 27.6 Å². The number of aryl methyl sites for hydroxylation is 1. The smallest absolute Gasteiger partial charge is 0.0456 e. The molecular formula is C19H22ClN2-. The highest BCUT2D eigenvalue weighted by atomic mass is 35.5. The van der Waals surface area contributed by atoms with E-state index in [-0.39, 0.29) is 12.4 Å². The van der Waals surface area contributed by atoms with Gasteiger partial charge in [0.05, 0.1) is 0 Å². The molecule has 0 spiro atoms. The number of H-pyrrole nitrogens is 1. The topological polar surface area (TPSA) is 27.8 Å². The summed E-state index contributed by atoms with van der Waals surface area (Å²) in [4.78, 5) is 3.33. The molecule has 0 saturated carbocycles. The second-order valence-corrected chi connectivity index (χ2v) is 5.46. The summed E-state index contributed by atoms with van der Waals surface area (Å²) in [5, 5.41) is 4.87. The minimum absolute atomic E-state index is 0. The molecule has 0 amide bonds. The summed E-state index contributed by atoms with van der Waals surface area (Å²) in [6, 6.07) is 17.4. The number of aromatic nitrogens is 1. The lowest BCUT2D eigenvalue weighted by molar-refractivity contribution is -0.00000433. The van der Waals surface area contributed by atoms with Gasteiger partial charge < -0.3 is 22.7 Å². The van der Waals surface area contributed by atoms with Crippen LogP contribution in [0, 0.1) is 0 Å². The Bertz CT molecular complexity index is 701. The molecule has 2 aromatic carbocycles. The highest BCUT2D eigenvalue weighted by Gasteiger charge is 2.02. The third kappa shape index (κ3) is 3.90. The Balaban J connectivity index is 0.00000176. The molecule has 0 radical (unpaired) electrons. The van der Waals surface area contributed by atoms with E-state index in [0.29, 0.717) is 0 Å². The van der Waals surface area contributed by atoms with Crippen LogP contribution in [0.4, 0.5) is 0 Å². The predicted molar refractivity (Wildman–Crippen MR) is 89.5 cm³/mol. The van der Waals surface area contributed by atoms with E-state index in [1.807, 2.05) is 0 Å². The molecule has 22 heavy (non-hydrogen) atoms. The SMILES string of the molecule is CCc1ccc(CNCCc2c[nH]c3ccccc23)cc1.[Cl-]. The number of fused-ring (bicyclic) bond motifs is 1. The second-order valence-electron chi connectivity index (χ2n) is 5.46. The van der Waals surface area contributed by atoms with E-state index in [9.17, 15) is 0 Å². The third-order valence-electron chi connectivity index (χ3n) is 4.01. The molecule has 0 atom stereocenters. The van der Waals surface area contributed by atoms with Crippen LogP contribution in [0.15, 0.2) is 54.7 Å². The average Bonchev–Trinajstić information content (AvgIpc) is 2.95. The molecule has 0 aliphatic carbocycles. The Morgan fingerprint density at radius 2 is 1.68 bits per heavy atom. The fourth-order valence-electron chi connectivity index (χ4n) is 2.69. The van der Waals surface area contributed by atoms with Crippen molar-refractivity contribution >= 4 is 10.9 Å². The van der Waals surface area contributed by atoms with Crippen molar-refractivity contribution in [3.8, 4) is 0 Å². The highest BCUT2D eigenvalue weighted by molar-refractivity contribution is 5.83. The lowest BCUT2D eigenvalue weighted by Crippen LogP contribution is -3.00. The maximum Gasteiger partial charge on any atom is 0.0456 e. The third-order valence-corrected chi connectivity index (χ3v) is 4.01. The zero-order valence-electron chi connectivity index (χ0n) is 12.9. The lowest BCUT2D eigenvalue weighted by atomic mass is 10.1. The van der Waals surface area contributed by atoms with Gasteiger partial charge >= 0.3 is 0 Å². The monoisotopic (exact) mass is 313 g/mol. The number of rotatable bonds is 6. The van der Waals surface area contributed by atoms with Crippen LogP contribution in [0.25, 0.3) is 10.9 Å². The summed E-state index contributed by atoms with van der Waals surface area (Å²) in [5.41, 5.74) is 5.37. The van der Waals surface area contributed by atoms with E-state index in [2.05, 4.69) is 72.0 Å². The largest absolute Gasteiger partial charge is 1.00 e. The molecule has 2 nitrogen and oxygen atoms in total. The Labute approximate surface area is 138 Å². The van der Waals surface area contributed by atoms with E-state index in [0.717, 1.165) is 25.9 Å². The van der Waals surface area contributed by atoms with Crippen molar-refractivity contribution in [2.24, 2.45) is 0 Å². The van der Waals surface area contributed by atoms with Crippen LogP contribution >= 0.6 is 0 Å². The molecule has 0 aliphatic rings. The van der Waals surface area contributed by atoms with Gasteiger partial charge in [-0.15, -0.1) is 0 Å². The van der Waals surface area contributed by atoms with E-state index in [1.54, 1.807) is 0 Å². The van der Waals surface area contributed by atoms with E-state index in [4.69, 9.17) is 0 Å². The van der Waals surface area contributed by atoms with Gasteiger partial charge in [0, 0.05) is 23.6 Å². The Morgan fingerprint density at radius 1 is 0.955 bits per heavy atom. The Hall–Kier alpha value is -1.77. The van der Waals surface area contributed by atoms with Crippen molar-refractivity contribution < 1.29 is 12.4 Å². The van der Waals surface area contributed by atoms with Gasteiger partial charge in [-0.25, -0.2) is 0 Å². The van der Waals surface area contributed by atoms with Gasteiger partial charge in [0.2, 0.25) is 0 Å². The first-order chi connectivity index (χ1) is 10.4. The van der Waals surface area contributed by atoms with Gasteiger partial charge in [0.25, 0.3) is 0 Å². The minimum Gasteiger partial charge on any atom is -1.00 e. The van der Waals surface area contributed by atoms with E-state index < -0.39 is 0 Å². The Kier molecular flexibility index (Phi) is 6.05. The summed E-state index contributed by atoms with van der Waals surface area (Å²) in [7, 11) is 0. The number of halogens is 1. The lowest BCUT2D eigenvalue weighted by Gasteiger charge is -2.05. The van der Waals surface area contributed by atoms with Gasteiger partial charge in [-0.1, -0.05) is 49.4 Å². The molecule has 3 rings (SSSR count). The zero-order chi connectivity index (χ0) is 14.5. The Morgan fingerprint density at radius 3 is 2.45 bits per heavy atom. The molecule has 0 saturated heterocycles. The molecule has 0 fully saturated rings. The number of para-hydroxylation sites is 1. The first kappa shape index (κ1) is 16.6. The average molecular weight is 314 g/mol. The number of hydrogen-bond acceptors (Lipinski definition) is 1. The second kappa shape index (κ2) is 8.02. The molecular weight excluding hydrogens is 292 g/mol. The molecule has 0 bridgehead atoms. The molecule has 116 valence electrons. The van der Waals surface area contributed by atoms with E-state index >= 15 is 0 Å². The highest BCUT2D eigenvalue weighted by Crippen LogP contribution is 2.17. The van der Waals surface area contributed by atoms with Gasteiger partial charge in [0.1, 0.15) is 0 Å². The molecule has 3 aromatic rings. The van der Waals surface area contributed by atoms with Crippen LogP contribution in [0.2, 0.25) is 0 Å². The minimum atomic E-state index is 0. The quantitative estimate of drug-likeness (QED) is 0.655. The van der Waals surface area contributed by atoms with Crippen molar-refractivity contribution in [3.63, 3.8) is 0 Å². The molecule has 0 unspecified atom stereocenters. The molecule has 2 N–H and O–H groups in total. The fourth-order valence-corrected chi connectivity index (χ4v) is 2.69. The first-order valence-corrected chi connectivity index (χ1v) is 7.70. The van der Waals surface area contributed by atoms with Crippen molar-refractivity contribution in [1.29, 1.82) is 0 Å². The van der Waals surface area contributed by atoms with Crippen LogP contribution in [-0.4, -0.2) is 11.5 Å². The summed E-state index contributed by atoms with van der Waals surface area (Å²) >= 11 is 0. The number of hydrogen-bond donors (Lipinski definition) is 2. The van der Waals surface area contributed by atoms with Crippen LogP contribution in [0.1, 0.15) is 23.6 Å². The van der Waals surface area contributed by atoms with Crippen molar-refractivity contribution in [3.05, 3.63) is 71.4 Å². The first-order valence-electron chi connectivity index (χ1n) is 7.70. The van der Waals surface area contributed by atoms with Crippen LogP contribution in [0.5, 0.6) is 0 Å². The predicted octanol–water partition coefficient (Wildman–Crippen LogP) is 1.07. The fraction of sp³-hybridized carbons (Fsp3) is 0.263. The number of aromatic amines is 1. The number of nitrogens with one attached hydrogen (secondary N) is 2. The van der Waals surface area contributed by atoms with Crippen LogP contribution in [0.3, 0.4) is 0 Å². The zero-order valence-corrected chi connectivity index (χ0v) is 13.7. The van der Waals surface area contributed by atoms with Crippen LogP contribution < -0.4 is 17.7 Å². The van der Waals surface area contributed by atoms with Gasteiger partial charge in [0.15, 0.2) is 0 Å². The van der Waals surface area contributed by atoms with Gasteiger partial charge in [-0.3, -0.25) is 0 Å². The standard InChI is InChI=1S/C19H22N2.ClH/c1-2-15-7-9-16(10-8-15)13-20-12-11-17-14-21-19-6-4-3-5-18(17)19;/h3-10,14,20-21H,2,11-13H2,1H3;1H/p-1. The van der Waals surface area contributed by atoms with Crippen LogP contribution in [-0.2, 0) is 19.4 Å². The molecule has 0 aliphatic heterocycles. The summed E-state index contributed by atoms with van der Waals surface area (Å²) in [6.07, 6.45) is 4.29. The van der Waals surface area contributed by atoms with Gasteiger partial charge in [-0.05, 0) is 42.1 Å². The van der Waals surface area contributed by atoms with Crippen molar-refractivity contribution in [2.75, 3.05) is 6.54 Å². The maximum atomic E-state index is 3.53.